The van der Waals surface area contributed by atoms with Crippen LogP contribution in [0.4, 0.5) is 5.69 Å². The molecular weight excluding hydrogens is 260 g/mol. The van der Waals surface area contributed by atoms with E-state index in [1.807, 2.05) is 0 Å². The quantitative estimate of drug-likeness (QED) is 0.536. The third-order valence-corrected chi connectivity index (χ3v) is 2.88. The molecule has 2 atom stereocenters. The van der Waals surface area contributed by atoms with E-state index in [1.165, 1.54) is 18.2 Å². The molecule has 0 saturated heterocycles. The standard InChI is InChI=1S/C11H15ClN2O4/c1-13-5-4-10(15)11(16)7-2-3-8(12)9(6-7)14(17)18/h2-3,6,10-11,13,15-16H,4-5H2,1H3. The second-order valence-corrected chi connectivity index (χ2v) is 4.28. The van der Waals surface area contributed by atoms with Crippen LogP contribution in [-0.2, 0) is 0 Å². The SMILES string of the molecule is CNCCC(O)C(O)c1ccc(Cl)c([N+](=O)[O-])c1. The Balaban J connectivity index is 2.89. The Morgan fingerprint density at radius 3 is 2.72 bits per heavy atom. The minimum Gasteiger partial charge on any atom is -0.390 e. The maximum Gasteiger partial charge on any atom is 0.288 e. The molecule has 0 aliphatic rings. The van der Waals surface area contributed by atoms with Gasteiger partial charge >= 0.3 is 0 Å². The highest BCUT2D eigenvalue weighted by Crippen LogP contribution is 2.29. The van der Waals surface area contributed by atoms with Gasteiger partial charge in [-0.05, 0) is 31.6 Å². The fourth-order valence-electron chi connectivity index (χ4n) is 1.53. The van der Waals surface area contributed by atoms with E-state index in [9.17, 15) is 20.3 Å². The summed E-state index contributed by atoms with van der Waals surface area (Å²) in [5.41, 5.74) is -0.0104. The average molecular weight is 275 g/mol. The summed E-state index contributed by atoms with van der Waals surface area (Å²) in [6.07, 6.45) is -1.82. The molecule has 3 N–H and O–H groups in total. The Morgan fingerprint density at radius 1 is 1.50 bits per heavy atom. The Morgan fingerprint density at radius 2 is 2.17 bits per heavy atom. The van der Waals surface area contributed by atoms with E-state index in [0.717, 1.165) is 0 Å². The number of aliphatic hydroxyl groups is 2. The van der Waals surface area contributed by atoms with Gasteiger partial charge in [-0.15, -0.1) is 0 Å². The largest absolute Gasteiger partial charge is 0.390 e. The number of benzene rings is 1. The molecule has 0 saturated carbocycles. The fourth-order valence-corrected chi connectivity index (χ4v) is 1.71. The first-order valence-electron chi connectivity index (χ1n) is 5.42. The zero-order valence-corrected chi connectivity index (χ0v) is 10.6. The van der Waals surface area contributed by atoms with Crippen molar-refractivity contribution in [1.29, 1.82) is 0 Å². The number of nitrogens with one attached hydrogen (secondary N) is 1. The van der Waals surface area contributed by atoms with Crippen molar-refractivity contribution in [1.82, 2.24) is 5.32 Å². The molecule has 18 heavy (non-hydrogen) atoms. The van der Waals surface area contributed by atoms with Crippen LogP contribution in [-0.4, -0.2) is 34.8 Å². The number of aliphatic hydroxyl groups excluding tert-OH is 2. The van der Waals surface area contributed by atoms with E-state index < -0.39 is 17.1 Å². The zero-order chi connectivity index (χ0) is 13.7. The first kappa shape index (κ1) is 14.8. The predicted octanol–water partition coefficient (Wildman–Crippen LogP) is 1.25. The van der Waals surface area contributed by atoms with E-state index in [-0.39, 0.29) is 16.3 Å². The molecule has 7 heteroatoms. The summed E-state index contributed by atoms with van der Waals surface area (Å²) in [6.45, 7) is 0.536. The number of nitrogens with zero attached hydrogens (tertiary/aromatic N) is 1. The van der Waals surface area contributed by atoms with Crippen LogP contribution in [0.3, 0.4) is 0 Å². The van der Waals surface area contributed by atoms with Gasteiger partial charge in [0.25, 0.3) is 5.69 Å². The highest BCUT2D eigenvalue weighted by molar-refractivity contribution is 6.32. The van der Waals surface area contributed by atoms with Crippen LogP contribution in [0.2, 0.25) is 5.02 Å². The Hall–Kier alpha value is -1.21. The van der Waals surface area contributed by atoms with Crippen LogP contribution in [0.25, 0.3) is 0 Å². The lowest BCUT2D eigenvalue weighted by molar-refractivity contribution is -0.384. The van der Waals surface area contributed by atoms with Crippen molar-refractivity contribution in [3.8, 4) is 0 Å². The molecule has 0 radical (unpaired) electrons. The maximum absolute atomic E-state index is 10.7. The van der Waals surface area contributed by atoms with Crippen molar-refractivity contribution < 1.29 is 15.1 Å². The first-order valence-corrected chi connectivity index (χ1v) is 5.79. The molecule has 1 aromatic carbocycles. The summed E-state index contributed by atoms with van der Waals surface area (Å²) in [5.74, 6) is 0. The predicted molar refractivity (Wildman–Crippen MR) is 67.6 cm³/mol. The van der Waals surface area contributed by atoms with Crippen molar-refractivity contribution in [2.24, 2.45) is 0 Å². The lowest BCUT2D eigenvalue weighted by atomic mass is 10.0. The van der Waals surface area contributed by atoms with E-state index in [0.29, 0.717) is 13.0 Å². The zero-order valence-electron chi connectivity index (χ0n) is 9.84. The maximum atomic E-state index is 10.7. The molecule has 100 valence electrons. The fraction of sp³-hybridized carbons (Fsp3) is 0.455. The molecule has 0 fully saturated rings. The second-order valence-electron chi connectivity index (χ2n) is 3.87. The van der Waals surface area contributed by atoms with Gasteiger partial charge in [0, 0.05) is 6.07 Å². The van der Waals surface area contributed by atoms with Crippen molar-refractivity contribution in [2.75, 3.05) is 13.6 Å². The summed E-state index contributed by atoms with van der Waals surface area (Å²) in [7, 11) is 1.73. The van der Waals surface area contributed by atoms with E-state index in [4.69, 9.17) is 11.6 Å². The van der Waals surface area contributed by atoms with Gasteiger partial charge < -0.3 is 15.5 Å². The van der Waals surface area contributed by atoms with Gasteiger partial charge in [-0.25, -0.2) is 0 Å². The molecule has 0 aliphatic carbocycles. The lowest BCUT2D eigenvalue weighted by Crippen LogP contribution is -2.23. The van der Waals surface area contributed by atoms with E-state index in [1.54, 1.807) is 7.05 Å². The molecule has 0 aliphatic heterocycles. The number of hydrogen-bond acceptors (Lipinski definition) is 5. The molecule has 6 nitrogen and oxygen atoms in total. The Labute approximate surface area is 109 Å². The Bertz CT molecular complexity index is 428. The smallest absolute Gasteiger partial charge is 0.288 e. The summed E-state index contributed by atoms with van der Waals surface area (Å²) >= 11 is 5.66. The monoisotopic (exact) mass is 274 g/mol. The van der Waals surface area contributed by atoms with Gasteiger partial charge in [0.1, 0.15) is 11.1 Å². The van der Waals surface area contributed by atoms with Crippen LogP contribution in [0.15, 0.2) is 18.2 Å². The molecule has 0 heterocycles. The summed E-state index contributed by atoms with van der Waals surface area (Å²) in [6, 6.07) is 3.97. The highest BCUT2D eigenvalue weighted by atomic mass is 35.5. The van der Waals surface area contributed by atoms with Crippen molar-refractivity contribution in [2.45, 2.75) is 18.6 Å². The molecular formula is C11H15ClN2O4. The minimum atomic E-state index is -1.17. The van der Waals surface area contributed by atoms with E-state index >= 15 is 0 Å². The van der Waals surface area contributed by atoms with Gasteiger partial charge in [0.05, 0.1) is 11.0 Å². The first-order chi connectivity index (χ1) is 8.47. The van der Waals surface area contributed by atoms with Gasteiger partial charge in [-0.1, -0.05) is 17.7 Å². The van der Waals surface area contributed by atoms with Gasteiger partial charge in [0.2, 0.25) is 0 Å². The van der Waals surface area contributed by atoms with Crippen LogP contribution in [0.5, 0.6) is 0 Å². The number of halogens is 1. The molecule has 1 aromatic rings. The van der Waals surface area contributed by atoms with Crippen molar-refractivity contribution in [3.05, 3.63) is 38.9 Å². The second kappa shape index (κ2) is 6.65. The van der Waals surface area contributed by atoms with E-state index in [2.05, 4.69) is 5.32 Å². The number of rotatable bonds is 6. The average Bonchev–Trinajstić information content (AvgIpc) is 2.35. The number of nitro benzene ring substituents is 1. The third-order valence-electron chi connectivity index (χ3n) is 2.56. The molecule has 0 aromatic heterocycles. The van der Waals surface area contributed by atoms with Crippen LogP contribution in [0.1, 0.15) is 18.1 Å². The molecule has 0 bridgehead atoms. The minimum absolute atomic E-state index is 0.000615. The van der Waals surface area contributed by atoms with Crippen LogP contribution < -0.4 is 5.32 Å². The third kappa shape index (κ3) is 3.64. The molecule has 0 amide bonds. The molecule has 0 spiro atoms. The normalized spacial score (nSPS) is 14.2. The Kier molecular flexibility index (Phi) is 5.49. The van der Waals surface area contributed by atoms with Gasteiger partial charge in [-0.3, -0.25) is 10.1 Å². The lowest BCUT2D eigenvalue weighted by Gasteiger charge is -2.18. The topological polar surface area (TPSA) is 95.6 Å². The summed E-state index contributed by atoms with van der Waals surface area (Å²) < 4.78 is 0. The number of hydrogen-bond donors (Lipinski definition) is 3. The highest BCUT2D eigenvalue weighted by Gasteiger charge is 2.21. The van der Waals surface area contributed by atoms with Crippen LogP contribution in [0, 0.1) is 10.1 Å². The van der Waals surface area contributed by atoms with Crippen molar-refractivity contribution >= 4 is 17.3 Å². The molecule has 2 unspecified atom stereocenters. The number of nitro groups is 1. The van der Waals surface area contributed by atoms with Crippen LogP contribution >= 0.6 is 11.6 Å². The molecule has 1 rings (SSSR count). The van der Waals surface area contributed by atoms with Gasteiger partial charge in [0.15, 0.2) is 0 Å². The summed E-state index contributed by atoms with van der Waals surface area (Å²) in [5, 5.41) is 33.1. The summed E-state index contributed by atoms with van der Waals surface area (Å²) in [4.78, 5) is 10.1. The van der Waals surface area contributed by atoms with Crippen molar-refractivity contribution in [3.63, 3.8) is 0 Å². The van der Waals surface area contributed by atoms with Gasteiger partial charge in [-0.2, -0.15) is 0 Å².